The van der Waals surface area contributed by atoms with Gasteiger partial charge in [-0.1, -0.05) is 26.2 Å². The van der Waals surface area contributed by atoms with E-state index in [4.69, 9.17) is 0 Å². The molecule has 1 atom stereocenters. The fraction of sp³-hybridized carbons (Fsp3) is 0.917. The minimum absolute atomic E-state index is 0.179. The summed E-state index contributed by atoms with van der Waals surface area (Å²) in [6.45, 7) is 4.13. The lowest BCUT2D eigenvalue weighted by atomic mass is 10.1. The van der Waals surface area contributed by atoms with Crippen molar-refractivity contribution < 1.29 is 4.79 Å². The predicted molar refractivity (Wildman–Crippen MR) is 60.8 cm³/mol. The van der Waals surface area contributed by atoms with E-state index < -0.39 is 0 Å². The maximum absolute atomic E-state index is 11.9. The molecule has 3 nitrogen and oxygen atoms in total. The molecule has 2 rings (SSSR count). The van der Waals surface area contributed by atoms with Crippen LogP contribution in [0.4, 0.5) is 4.79 Å². The second-order valence-electron chi connectivity index (χ2n) is 4.94. The number of nitrogens with zero attached hydrogens (tertiary/aromatic N) is 1. The molecule has 0 spiro atoms. The van der Waals surface area contributed by atoms with Gasteiger partial charge in [0.2, 0.25) is 0 Å². The van der Waals surface area contributed by atoms with Gasteiger partial charge < -0.3 is 10.2 Å². The first-order valence-corrected chi connectivity index (χ1v) is 6.35. The molecule has 1 N–H and O–H groups in total. The van der Waals surface area contributed by atoms with Gasteiger partial charge in [0.15, 0.2) is 0 Å². The number of carbonyl (C=O) groups excluding carboxylic acids is 1. The number of rotatable bonds is 2. The Bertz CT molecular complexity index is 224. The van der Waals surface area contributed by atoms with Crippen molar-refractivity contribution in [2.45, 2.75) is 51.5 Å². The van der Waals surface area contributed by atoms with Crippen LogP contribution >= 0.6 is 0 Å². The lowest BCUT2D eigenvalue weighted by Gasteiger charge is -2.20. The van der Waals surface area contributed by atoms with Gasteiger partial charge in [0.1, 0.15) is 0 Å². The molecule has 15 heavy (non-hydrogen) atoms. The third-order valence-electron chi connectivity index (χ3n) is 3.83. The first kappa shape index (κ1) is 10.8. The van der Waals surface area contributed by atoms with Crippen molar-refractivity contribution >= 4 is 6.03 Å². The van der Waals surface area contributed by atoms with Crippen molar-refractivity contribution in [3.05, 3.63) is 0 Å². The van der Waals surface area contributed by atoms with Crippen LogP contribution < -0.4 is 5.32 Å². The predicted octanol–water partition coefficient (Wildman–Crippen LogP) is 2.37. The molecular weight excluding hydrogens is 188 g/mol. The number of urea groups is 1. The normalized spacial score (nSPS) is 27.3. The van der Waals surface area contributed by atoms with Gasteiger partial charge in [-0.15, -0.1) is 0 Å². The van der Waals surface area contributed by atoms with E-state index in [0.717, 1.165) is 19.0 Å². The first-order valence-electron chi connectivity index (χ1n) is 6.35. The minimum atomic E-state index is 0.179. The molecule has 2 fully saturated rings. The van der Waals surface area contributed by atoms with Crippen molar-refractivity contribution in [2.24, 2.45) is 5.92 Å². The SMILES string of the molecule is CCC1CCN(C(=O)NC2CCCC2)C1. The van der Waals surface area contributed by atoms with Gasteiger partial charge in [0.05, 0.1) is 0 Å². The highest BCUT2D eigenvalue weighted by Gasteiger charge is 2.26. The molecule has 2 aliphatic rings. The number of likely N-dealkylation sites (tertiary alicyclic amines) is 1. The molecule has 3 heteroatoms. The van der Waals surface area contributed by atoms with Crippen molar-refractivity contribution in [3.8, 4) is 0 Å². The topological polar surface area (TPSA) is 32.3 Å². The van der Waals surface area contributed by atoms with Crippen LogP contribution in [0.1, 0.15) is 45.4 Å². The largest absolute Gasteiger partial charge is 0.335 e. The Balaban J connectivity index is 1.76. The highest BCUT2D eigenvalue weighted by molar-refractivity contribution is 5.74. The van der Waals surface area contributed by atoms with Crippen molar-refractivity contribution in [1.29, 1.82) is 0 Å². The molecule has 1 aliphatic heterocycles. The lowest BCUT2D eigenvalue weighted by Crippen LogP contribution is -2.42. The third kappa shape index (κ3) is 2.64. The van der Waals surface area contributed by atoms with Crippen LogP contribution in [-0.4, -0.2) is 30.1 Å². The number of nitrogens with one attached hydrogen (secondary N) is 1. The Hall–Kier alpha value is -0.730. The molecule has 1 unspecified atom stereocenters. The van der Waals surface area contributed by atoms with E-state index in [9.17, 15) is 4.79 Å². The smallest absolute Gasteiger partial charge is 0.317 e. The molecule has 1 aliphatic carbocycles. The summed E-state index contributed by atoms with van der Waals surface area (Å²) in [6.07, 6.45) is 7.31. The van der Waals surface area contributed by atoms with Gasteiger partial charge in [0, 0.05) is 19.1 Å². The molecule has 1 saturated carbocycles. The summed E-state index contributed by atoms with van der Waals surface area (Å²) in [5.41, 5.74) is 0. The summed E-state index contributed by atoms with van der Waals surface area (Å²) in [5.74, 6) is 0.735. The second-order valence-corrected chi connectivity index (χ2v) is 4.94. The zero-order valence-corrected chi connectivity index (χ0v) is 9.67. The number of amides is 2. The van der Waals surface area contributed by atoms with E-state index in [1.165, 1.54) is 38.5 Å². The Morgan fingerprint density at radius 1 is 1.33 bits per heavy atom. The average molecular weight is 210 g/mol. The summed E-state index contributed by atoms with van der Waals surface area (Å²) in [7, 11) is 0. The summed E-state index contributed by atoms with van der Waals surface area (Å²) in [4.78, 5) is 13.9. The fourth-order valence-electron chi connectivity index (χ4n) is 2.69. The van der Waals surface area contributed by atoms with Crippen LogP contribution in [-0.2, 0) is 0 Å². The quantitative estimate of drug-likeness (QED) is 0.745. The fourth-order valence-corrected chi connectivity index (χ4v) is 2.69. The standard InChI is InChI=1S/C12H22N2O/c1-2-10-7-8-14(9-10)12(15)13-11-5-3-4-6-11/h10-11H,2-9H2,1H3,(H,13,15). The van der Waals surface area contributed by atoms with Crippen LogP contribution in [0, 0.1) is 5.92 Å². The Kier molecular flexibility index (Phi) is 3.49. The Labute approximate surface area is 92.2 Å². The van der Waals surface area contributed by atoms with Crippen molar-refractivity contribution in [2.75, 3.05) is 13.1 Å². The highest BCUT2D eigenvalue weighted by atomic mass is 16.2. The van der Waals surface area contributed by atoms with Gasteiger partial charge in [-0.05, 0) is 25.2 Å². The lowest BCUT2D eigenvalue weighted by molar-refractivity contribution is 0.203. The monoisotopic (exact) mass is 210 g/mol. The van der Waals surface area contributed by atoms with Gasteiger partial charge in [-0.25, -0.2) is 4.79 Å². The molecule has 86 valence electrons. The molecule has 2 amide bonds. The number of hydrogen-bond acceptors (Lipinski definition) is 1. The van der Waals surface area contributed by atoms with Crippen molar-refractivity contribution in [3.63, 3.8) is 0 Å². The molecule has 0 aromatic carbocycles. The summed E-state index contributed by atoms with van der Waals surface area (Å²) < 4.78 is 0. The average Bonchev–Trinajstić information content (AvgIpc) is 2.86. The second kappa shape index (κ2) is 4.86. The van der Waals surface area contributed by atoms with Crippen molar-refractivity contribution in [1.82, 2.24) is 10.2 Å². The highest BCUT2D eigenvalue weighted by Crippen LogP contribution is 2.21. The zero-order chi connectivity index (χ0) is 10.7. The molecule has 1 heterocycles. The number of carbonyl (C=O) groups is 1. The molecule has 0 aromatic heterocycles. The molecule has 1 saturated heterocycles. The minimum Gasteiger partial charge on any atom is -0.335 e. The summed E-state index contributed by atoms with van der Waals surface area (Å²) in [6, 6.07) is 0.635. The number of hydrogen-bond donors (Lipinski definition) is 1. The van der Waals surface area contributed by atoms with E-state index in [0.29, 0.717) is 6.04 Å². The van der Waals surface area contributed by atoms with Gasteiger partial charge in [0.25, 0.3) is 0 Å². The van der Waals surface area contributed by atoms with Gasteiger partial charge in [-0.3, -0.25) is 0 Å². The van der Waals surface area contributed by atoms with Gasteiger partial charge >= 0.3 is 6.03 Å². The maximum atomic E-state index is 11.9. The molecule has 0 bridgehead atoms. The first-order chi connectivity index (χ1) is 7.29. The summed E-state index contributed by atoms with van der Waals surface area (Å²) >= 11 is 0. The molecule has 0 radical (unpaired) electrons. The van der Waals surface area contributed by atoms with Gasteiger partial charge in [-0.2, -0.15) is 0 Å². The van der Waals surface area contributed by atoms with Crippen LogP contribution in [0.15, 0.2) is 0 Å². The van der Waals surface area contributed by atoms with Crippen LogP contribution in [0.2, 0.25) is 0 Å². The van der Waals surface area contributed by atoms with E-state index in [-0.39, 0.29) is 6.03 Å². The van der Waals surface area contributed by atoms with E-state index in [1.807, 2.05) is 4.90 Å². The van der Waals surface area contributed by atoms with E-state index in [2.05, 4.69) is 12.2 Å². The van der Waals surface area contributed by atoms with Crippen LogP contribution in [0.25, 0.3) is 0 Å². The van der Waals surface area contributed by atoms with E-state index >= 15 is 0 Å². The van der Waals surface area contributed by atoms with E-state index in [1.54, 1.807) is 0 Å². The third-order valence-corrected chi connectivity index (χ3v) is 3.83. The molecular formula is C12H22N2O. The van der Waals surface area contributed by atoms with Crippen LogP contribution in [0.3, 0.4) is 0 Å². The zero-order valence-electron chi connectivity index (χ0n) is 9.67. The summed E-state index contributed by atoms with van der Waals surface area (Å²) in [5, 5.41) is 3.15. The molecule has 0 aromatic rings. The Morgan fingerprint density at radius 2 is 2.07 bits per heavy atom. The van der Waals surface area contributed by atoms with Crippen LogP contribution in [0.5, 0.6) is 0 Å². The maximum Gasteiger partial charge on any atom is 0.317 e. The Morgan fingerprint density at radius 3 is 2.67 bits per heavy atom.